The second-order valence-electron chi connectivity index (χ2n) is 6.65. The molecule has 4 rings (SSSR count). The number of hydrogen-bond acceptors (Lipinski definition) is 3. The van der Waals surface area contributed by atoms with Gasteiger partial charge in [0.15, 0.2) is 0 Å². The van der Waals surface area contributed by atoms with Gasteiger partial charge < -0.3 is 10.6 Å². The first-order valence-electron chi connectivity index (χ1n) is 8.98. The molecule has 2 N–H and O–H groups in total. The van der Waals surface area contributed by atoms with Gasteiger partial charge in [-0.15, -0.1) is 0 Å². The van der Waals surface area contributed by atoms with Gasteiger partial charge in [-0.1, -0.05) is 30.3 Å². The van der Waals surface area contributed by atoms with E-state index in [9.17, 15) is 9.59 Å². The lowest BCUT2D eigenvalue weighted by Crippen LogP contribution is -2.27. The Hall–Kier alpha value is -3.41. The average molecular weight is 360 g/mol. The van der Waals surface area contributed by atoms with Crippen LogP contribution in [0.4, 0.5) is 5.69 Å². The van der Waals surface area contributed by atoms with Crippen molar-refractivity contribution in [2.45, 2.75) is 25.3 Å². The van der Waals surface area contributed by atoms with Crippen molar-refractivity contribution < 1.29 is 9.59 Å². The summed E-state index contributed by atoms with van der Waals surface area (Å²) < 4.78 is 1.74. The van der Waals surface area contributed by atoms with Gasteiger partial charge >= 0.3 is 0 Å². The topological polar surface area (TPSA) is 76.0 Å². The molecular weight excluding hydrogens is 340 g/mol. The van der Waals surface area contributed by atoms with Gasteiger partial charge in [0.25, 0.3) is 5.91 Å². The maximum atomic E-state index is 12.5. The summed E-state index contributed by atoms with van der Waals surface area (Å²) in [5.74, 6) is -0.334. The van der Waals surface area contributed by atoms with Gasteiger partial charge in [0.05, 0.1) is 29.6 Å². The monoisotopic (exact) mass is 360 g/mol. The molecule has 1 heterocycles. The highest BCUT2D eigenvalue weighted by atomic mass is 16.2. The summed E-state index contributed by atoms with van der Waals surface area (Å²) in [4.78, 5) is 24.8. The lowest BCUT2D eigenvalue weighted by molar-refractivity contribution is -0.115. The van der Waals surface area contributed by atoms with Crippen LogP contribution in [-0.4, -0.2) is 27.6 Å². The number of nitrogens with one attached hydrogen (secondary N) is 2. The summed E-state index contributed by atoms with van der Waals surface area (Å²) in [5, 5.41) is 10.1. The molecule has 136 valence electrons. The molecule has 1 aliphatic carbocycles. The minimum Gasteiger partial charge on any atom is -0.349 e. The summed E-state index contributed by atoms with van der Waals surface area (Å²) in [6.07, 6.45) is 5.74. The van der Waals surface area contributed by atoms with Crippen LogP contribution in [0.15, 0.2) is 67.0 Å². The Morgan fingerprint density at radius 3 is 2.56 bits per heavy atom. The molecule has 2 amide bonds. The van der Waals surface area contributed by atoms with E-state index in [-0.39, 0.29) is 24.3 Å². The number of hydrogen-bond donors (Lipinski definition) is 2. The van der Waals surface area contributed by atoms with Crippen LogP contribution in [0.25, 0.3) is 5.69 Å². The third-order valence-electron chi connectivity index (χ3n) is 4.38. The summed E-state index contributed by atoms with van der Waals surface area (Å²) in [6.45, 7) is 0. The highest BCUT2D eigenvalue weighted by Crippen LogP contribution is 2.21. The first kappa shape index (κ1) is 17.0. The predicted molar refractivity (Wildman–Crippen MR) is 103 cm³/mol. The number of anilines is 1. The van der Waals surface area contributed by atoms with Crippen molar-refractivity contribution in [3.8, 4) is 5.69 Å². The van der Waals surface area contributed by atoms with Crippen LogP contribution < -0.4 is 10.6 Å². The van der Waals surface area contributed by atoms with E-state index in [4.69, 9.17) is 0 Å². The highest BCUT2D eigenvalue weighted by Gasteiger charge is 2.25. The number of nitrogens with zero attached hydrogens (tertiary/aromatic N) is 2. The van der Waals surface area contributed by atoms with Gasteiger partial charge in [0.1, 0.15) is 0 Å². The molecule has 6 heteroatoms. The van der Waals surface area contributed by atoms with E-state index in [1.807, 2.05) is 36.5 Å². The number of carbonyl (C=O) groups is 2. The van der Waals surface area contributed by atoms with Crippen LogP contribution in [0.2, 0.25) is 0 Å². The van der Waals surface area contributed by atoms with E-state index >= 15 is 0 Å². The Balaban J connectivity index is 1.43. The number of amides is 2. The van der Waals surface area contributed by atoms with Gasteiger partial charge in [-0.25, -0.2) is 4.68 Å². The molecule has 0 saturated heterocycles. The second kappa shape index (κ2) is 7.45. The van der Waals surface area contributed by atoms with E-state index in [0.717, 1.165) is 24.1 Å². The lowest BCUT2D eigenvalue weighted by Gasteiger charge is -2.10. The third-order valence-corrected chi connectivity index (χ3v) is 4.38. The van der Waals surface area contributed by atoms with Crippen molar-refractivity contribution in [1.29, 1.82) is 0 Å². The zero-order valence-electron chi connectivity index (χ0n) is 14.8. The van der Waals surface area contributed by atoms with E-state index < -0.39 is 0 Å². The maximum absolute atomic E-state index is 12.5. The standard InChI is InChI=1S/C21H20N4O2/c26-20(12-15-13-22-25(14-15)17-6-2-1-3-7-17)24-19-9-5-4-8-18(19)21(27)23-16-10-11-16/h1-9,13-14,16H,10-12H2,(H,23,27)(H,24,26). The first-order chi connectivity index (χ1) is 13.2. The molecule has 3 aromatic rings. The smallest absolute Gasteiger partial charge is 0.253 e. The lowest BCUT2D eigenvalue weighted by atomic mass is 10.1. The molecule has 0 spiro atoms. The molecule has 0 atom stereocenters. The van der Waals surface area contributed by atoms with Gasteiger partial charge in [-0.2, -0.15) is 5.10 Å². The van der Waals surface area contributed by atoms with Crippen LogP contribution in [0.1, 0.15) is 28.8 Å². The zero-order valence-corrected chi connectivity index (χ0v) is 14.8. The van der Waals surface area contributed by atoms with Crippen molar-refractivity contribution in [2.24, 2.45) is 0 Å². The Morgan fingerprint density at radius 2 is 1.78 bits per heavy atom. The Morgan fingerprint density at radius 1 is 1.04 bits per heavy atom. The quantitative estimate of drug-likeness (QED) is 0.710. The normalized spacial score (nSPS) is 13.2. The van der Waals surface area contributed by atoms with Gasteiger partial charge in [-0.3, -0.25) is 9.59 Å². The molecule has 1 aliphatic rings. The predicted octanol–water partition coefficient (Wildman–Crippen LogP) is 2.95. The largest absolute Gasteiger partial charge is 0.349 e. The van der Waals surface area contributed by atoms with Crippen LogP contribution >= 0.6 is 0 Å². The van der Waals surface area contributed by atoms with Crippen LogP contribution in [-0.2, 0) is 11.2 Å². The molecule has 1 fully saturated rings. The summed E-state index contributed by atoms with van der Waals surface area (Å²) >= 11 is 0. The molecule has 2 aromatic carbocycles. The van der Waals surface area contributed by atoms with Crippen molar-refractivity contribution >= 4 is 17.5 Å². The van der Waals surface area contributed by atoms with E-state index in [2.05, 4.69) is 15.7 Å². The zero-order chi connectivity index (χ0) is 18.6. The minimum atomic E-state index is -0.186. The van der Waals surface area contributed by atoms with Gasteiger partial charge in [0, 0.05) is 12.2 Å². The number of carbonyl (C=O) groups excluding carboxylic acids is 2. The van der Waals surface area contributed by atoms with Gasteiger partial charge in [-0.05, 0) is 42.7 Å². The second-order valence-corrected chi connectivity index (χ2v) is 6.65. The van der Waals surface area contributed by atoms with Crippen molar-refractivity contribution in [2.75, 3.05) is 5.32 Å². The van der Waals surface area contributed by atoms with E-state index in [1.165, 1.54) is 0 Å². The molecule has 1 aromatic heterocycles. The molecule has 0 unspecified atom stereocenters. The van der Waals surface area contributed by atoms with Crippen molar-refractivity contribution in [3.05, 3.63) is 78.1 Å². The minimum absolute atomic E-state index is 0.148. The molecule has 0 bridgehead atoms. The van der Waals surface area contributed by atoms with Crippen LogP contribution in [0, 0.1) is 0 Å². The maximum Gasteiger partial charge on any atom is 0.253 e. The fraction of sp³-hybridized carbons (Fsp3) is 0.190. The molecule has 1 saturated carbocycles. The SMILES string of the molecule is O=C(Cc1cnn(-c2ccccc2)c1)Nc1ccccc1C(=O)NC1CC1. The Labute approximate surface area is 157 Å². The Kier molecular flexibility index (Phi) is 4.70. The van der Waals surface area contributed by atoms with Crippen molar-refractivity contribution in [1.82, 2.24) is 15.1 Å². The van der Waals surface area contributed by atoms with E-state index in [1.54, 1.807) is 35.1 Å². The molecule has 0 aliphatic heterocycles. The number of rotatable bonds is 6. The molecule has 6 nitrogen and oxygen atoms in total. The average Bonchev–Trinajstić information content (AvgIpc) is 3.38. The third kappa shape index (κ3) is 4.23. The fourth-order valence-corrected chi connectivity index (χ4v) is 2.83. The summed E-state index contributed by atoms with van der Waals surface area (Å²) in [5.41, 5.74) is 2.75. The van der Waals surface area contributed by atoms with E-state index in [0.29, 0.717) is 11.3 Å². The Bertz CT molecular complexity index is 961. The number of benzene rings is 2. The van der Waals surface area contributed by atoms with Crippen LogP contribution in [0.5, 0.6) is 0 Å². The van der Waals surface area contributed by atoms with Gasteiger partial charge in [0.2, 0.25) is 5.91 Å². The number of aromatic nitrogens is 2. The fourth-order valence-electron chi connectivity index (χ4n) is 2.83. The summed E-state index contributed by atoms with van der Waals surface area (Å²) in [6, 6.07) is 17.0. The first-order valence-corrected chi connectivity index (χ1v) is 8.98. The molecule has 0 radical (unpaired) electrons. The summed E-state index contributed by atoms with van der Waals surface area (Å²) in [7, 11) is 0. The van der Waals surface area contributed by atoms with Crippen LogP contribution in [0.3, 0.4) is 0 Å². The molecule has 27 heavy (non-hydrogen) atoms. The highest BCUT2D eigenvalue weighted by molar-refractivity contribution is 6.04. The van der Waals surface area contributed by atoms with Crippen molar-refractivity contribution in [3.63, 3.8) is 0 Å². The molecular formula is C21H20N4O2. The number of para-hydroxylation sites is 2.